The van der Waals surface area contributed by atoms with Crippen LogP contribution in [0.3, 0.4) is 0 Å². The molecule has 2 heterocycles. The summed E-state index contributed by atoms with van der Waals surface area (Å²) in [4.78, 5) is 19.6. The first-order valence-corrected chi connectivity index (χ1v) is 7.05. The number of nitrogens with zero attached hydrogens (tertiary/aromatic N) is 3. The van der Waals surface area contributed by atoms with Crippen molar-refractivity contribution in [1.29, 1.82) is 0 Å². The van der Waals surface area contributed by atoms with Crippen LogP contribution in [0.1, 0.15) is 6.92 Å². The Hall–Kier alpha value is -2.41. The van der Waals surface area contributed by atoms with Gasteiger partial charge >= 0.3 is 0 Å². The summed E-state index contributed by atoms with van der Waals surface area (Å²) < 4.78 is 2.75. The monoisotopic (exact) mass is 345 g/mol. The van der Waals surface area contributed by atoms with Crippen molar-refractivity contribution in [3.8, 4) is 0 Å². The topological polar surface area (TPSA) is 71.3 Å². The van der Waals surface area contributed by atoms with Crippen molar-refractivity contribution >= 4 is 44.7 Å². The molecular formula is C14H12BrN5O. The van der Waals surface area contributed by atoms with Gasteiger partial charge in [-0.25, -0.2) is 9.97 Å². The lowest BCUT2D eigenvalue weighted by Gasteiger charge is -2.08. The van der Waals surface area contributed by atoms with Crippen LogP contribution in [0.2, 0.25) is 0 Å². The fourth-order valence-electron chi connectivity index (χ4n) is 1.95. The van der Waals surface area contributed by atoms with Crippen LogP contribution >= 0.6 is 15.9 Å². The van der Waals surface area contributed by atoms with Gasteiger partial charge in [0.2, 0.25) is 5.91 Å². The van der Waals surface area contributed by atoms with Crippen molar-refractivity contribution in [2.75, 3.05) is 10.6 Å². The van der Waals surface area contributed by atoms with Crippen molar-refractivity contribution < 1.29 is 4.79 Å². The zero-order valence-electron chi connectivity index (χ0n) is 11.2. The Morgan fingerprint density at radius 1 is 1.19 bits per heavy atom. The highest BCUT2D eigenvalue weighted by Gasteiger charge is 2.07. The molecule has 0 spiro atoms. The highest BCUT2D eigenvalue weighted by molar-refractivity contribution is 9.10. The number of carbonyl (C=O) groups is 1. The summed E-state index contributed by atoms with van der Waals surface area (Å²) in [5.41, 5.74) is 2.35. The zero-order valence-corrected chi connectivity index (χ0v) is 12.8. The quantitative estimate of drug-likeness (QED) is 0.764. The second kappa shape index (κ2) is 5.53. The van der Waals surface area contributed by atoms with Gasteiger partial charge in [0.05, 0.1) is 6.20 Å². The van der Waals surface area contributed by atoms with Gasteiger partial charge in [-0.05, 0) is 40.2 Å². The molecule has 0 bridgehead atoms. The molecule has 3 aromatic rings. The Labute approximate surface area is 129 Å². The molecule has 0 fully saturated rings. The summed E-state index contributed by atoms with van der Waals surface area (Å²) >= 11 is 3.42. The first-order valence-electron chi connectivity index (χ1n) is 6.26. The van der Waals surface area contributed by atoms with E-state index in [-0.39, 0.29) is 5.91 Å². The number of benzene rings is 1. The highest BCUT2D eigenvalue weighted by atomic mass is 79.9. The first kappa shape index (κ1) is 13.6. The number of nitrogens with one attached hydrogen (secondary N) is 2. The van der Waals surface area contributed by atoms with Crippen LogP contribution in [0.15, 0.2) is 47.5 Å². The van der Waals surface area contributed by atoms with E-state index < -0.39 is 0 Å². The molecule has 3 rings (SSSR count). The lowest BCUT2D eigenvalue weighted by Crippen LogP contribution is -2.05. The molecule has 6 nitrogen and oxygen atoms in total. The second-order valence-corrected chi connectivity index (χ2v) is 5.25. The molecule has 0 unspecified atom stereocenters. The zero-order chi connectivity index (χ0) is 14.8. The van der Waals surface area contributed by atoms with E-state index in [0.29, 0.717) is 5.82 Å². The van der Waals surface area contributed by atoms with E-state index in [0.717, 1.165) is 21.6 Å². The Balaban J connectivity index is 1.86. The van der Waals surface area contributed by atoms with Gasteiger partial charge in [0.1, 0.15) is 4.60 Å². The van der Waals surface area contributed by atoms with E-state index in [9.17, 15) is 4.79 Å². The molecule has 21 heavy (non-hydrogen) atoms. The predicted molar refractivity (Wildman–Crippen MR) is 84.7 cm³/mol. The first-order chi connectivity index (χ1) is 10.1. The summed E-state index contributed by atoms with van der Waals surface area (Å²) in [6, 6.07) is 7.39. The number of carbonyl (C=O) groups excluding carboxylic acids is 1. The third-order valence-electron chi connectivity index (χ3n) is 2.85. The SMILES string of the molecule is CC(=O)Nc1ccc(Nc2nccn3c(Br)cnc23)cc1. The normalized spacial score (nSPS) is 10.6. The second-order valence-electron chi connectivity index (χ2n) is 4.43. The standard InChI is InChI=1S/C14H12BrN5O/c1-9(21)18-10-2-4-11(5-3-10)19-13-14-17-8-12(15)20(14)7-6-16-13/h2-8H,1H3,(H,16,19)(H,18,21). The maximum atomic E-state index is 11.0. The van der Waals surface area contributed by atoms with E-state index in [1.54, 1.807) is 12.4 Å². The van der Waals surface area contributed by atoms with Gasteiger partial charge in [0.15, 0.2) is 11.5 Å². The molecule has 0 aliphatic carbocycles. The molecule has 106 valence electrons. The number of fused-ring (bicyclic) bond motifs is 1. The van der Waals surface area contributed by atoms with Gasteiger partial charge in [0.25, 0.3) is 0 Å². The summed E-state index contributed by atoms with van der Waals surface area (Å²) in [6.45, 7) is 1.48. The van der Waals surface area contributed by atoms with Crippen LogP contribution in [-0.2, 0) is 4.79 Å². The van der Waals surface area contributed by atoms with Gasteiger partial charge in [0, 0.05) is 30.7 Å². The van der Waals surface area contributed by atoms with Crippen LogP contribution in [-0.4, -0.2) is 20.3 Å². The maximum absolute atomic E-state index is 11.0. The van der Waals surface area contributed by atoms with Crippen LogP contribution < -0.4 is 10.6 Å². The Kier molecular flexibility index (Phi) is 3.57. The van der Waals surface area contributed by atoms with Gasteiger partial charge < -0.3 is 10.6 Å². The lowest BCUT2D eigenvalue weighted by atomic mass is 10.2. The number of anilines is 3. The van der Waals surface area contributed by atoms with E-state index in [2.05, 4.69) is 36.5 Å². The Morgan fingerprint density at radius 2 is 1.90 bits per heavy atom. The number of hydrogen-bond donors (Lipinski definition) is 2. The maximum Gasteiger partial charge on any atom is 0.221 e. The number of amides is 1. The molecule has 7 heteroatoms. The van der Waals surface area contributed by atoms with Gasteiger partial charge in [-0.15, -0.1) is 0 Å². The Bertz CT molecular complexity index is 797. The van der Waals surface area contributed by atoms with Crippen molar-refractivity contribution in [2.24, 2.45) is 0 Å². The van der Waals surface area contributed by atoms with Crippen molar-refractivity contribution in [3.63, 3.8) is 0 Å². The average molecular weight is 346 g/mol. The minimum atomic E-state index is -0.0932. The number of hydrogen-bond acceptors (Lipinski definition) is 4. The molecule has 1 amide bonds. The molecule has 0 aliphatic heterocycles. The smallest absolute Gasteiger partial charge is 0.221 e. The molecule has 2 N–H and O–H groups in total. The molecule has 0 aliphatic rings. The van der Waals surface area contributed by atoms with Crippen molar-refractivity contribution in [1.82, 2.24) is 14.4 Å². The van der Waals surface area contributed by atoms with Gasteiger partial charge in [-0.2, -0.15) is 0 Å². The lowest BCUT2D eigenvalue weighted by molar-refractivity contribution is -0.114. The summed E-state index contributed by atoms with van der Waals surface area (Å²) in [5.74, 6) is 0.569. The van der Waals surface area contributed by atoms with Crippen LogP contribution in [0.25, 0.3) is 5.65 Å². The van der Waals surface area contributed by atoms with Crippen molar-refractivity contribution in [3.05, 3.63) is 47.5 Å². The highest BCUT2D eigenvalue weighted by Crippen LogP contribution is 2.22. The van der Waals surface area contributed by atoms with Gasteiger partial charge in [-0.3, -0.25) is 9.20 Å². The van der Waals surface area contributed by atoms with Crippen molar-refractivity contribution in [2.45, 2.75) is 6.92 Å². The van der Waals surface area contributed by atoms with Crippen LogP contribution in [0.5, 0.6) is 0 Å². The minimum absolute atomic E-state index is 0.0932. The molecule has 0 saturated heterocycles. The summed E-state index contributed by atoms with van der Waals surface area (Å²) in [6.07, 6.45) is 5.26. The minimum Gasteiger partial charge on any atom is -0.337 e. The average Bonchev–Trinajstić information content (AvgIpc) is 2.83. The third-order valence-corrected chi connectivity index (χ3v) is 3.44. The molecule has 0 radical (unpaired) electrons. The van der Waals surface area contributed by atoms with Crippen LogP contribution in [0, 0.1) is 0 Å². The number of aromatic nitrogens is 3. The summed E-state index contributed by atoms with van der Waals surface area (Å²) in [5, 5.41) is 5.94. The Morgan fingerprint density at radius 3 is 2.62 bits per heavy atom. The van der Waals surface area contributed by atoms with E-state index in [4.69, 9.17) is 0 Å². The fraction of sp³-hybridized carbons (Fsp3) is 0.0714. The number of halogens is 1. The van der Waals surface area contributed by atoms with Gasteiger partial charge in [-0.1, -0.05) is 0 Å². The van der Waals surface area contributed by atoms with Crippen LogP contribution in [0.4, 0.5) is 17.2 Å². The van der Waals surface area contributed by atoms with E-state index in [1.165, 1.54) is 6.92 Å². The molecule has 2 aromatic heterocycles. The number of imidazole rings is 1. The number of rotatable bonds is 3. The molecule has 1 aromatic carbocycles. The third kappa shape index (κ3) is 2.87. The van der Waals surface area contributed by atoms with E-state index in [1.807, 2.05) is 34.9 Å². The predicted octanol–water partition coefficient (Wildman–Crippen LogP) is 3.19. The summed E-state index contributed by atoms with van der Waals surface area (Å²) in [7, 11) is 0. The molecular weight excluding hydrogens is 334 g/mol. The fourth-order valence-corrected chi connectivity index (χ4v) is 2.34. The molecule has 0 atom stereocenters. The molecule has 0 saturated carbocycles. The van der Waals surface area contributed by atoms with E-state index >= 15 is 0 Å². The largest absolute Gasteiger partial charge is 0.337 e.